The molecular formula is C17H18N4. The van der Waals surface area contributed by atoms with E-state index >= 15 is 0 Å². The summed E-state index contributed by atoms with van der Waals surface area (Å²) in [7, 11) is 2.07. The molecule has 4 heteroatoms. The second-order valence-electron chi connectivity index (χ2n) is 5.58. The van der Waals surface area contributed by atoms with Crippen molar-refractivity contribution in [3.8, 4) is 11.3 Å². The molecule has 1 saturated heterocycles. The lowest BCUT2D eigenvalue weighted by Crippen LogP contribution is -2.19. The van der Waals surface area contributed by atoms with Gasteiger partial charge in [-0.05, 0) is 24.5 Å². The Morgan fingerprint density at radius 3 is 2.52 bits per heavy atom. The summed E-state index contributed by atoms with van der Waals surface area (Å²) in [6, 6.07) is 12.7. The third-order valence-electron chi connectivity index (χ3n) is 4.28. The Kier molecular flexibility index (Phi) is 2.88. The van der Waals surface area contributed by atoms with Crippen LogP contribution in [-0.4, -0.2) is 27.6 Å². The van der Waals surface area contributed by atoms with Gasteiger partial charge in [0.1, 0.15) is 17.8 Å². The van der Waals surface area contributed by atoms with E-state index in [1.165, 1.54) is 24.1 Å². The van der Waals surface area contributed by atoms with E-state index < -0.39 is 0 Å². The second-order valence-corrected chi connectivity index (χ2v) is 5.58. The maximum Gasteiger partial charge on any atom is 0.145 e. The van der Waals surface area contributed by atoms with Crippen LogP contribution in [0.3, 0.4) is 0 Å². The highest BCUT2D eigenvalue weighted by Gasteiger charge is 2.19. The Bertz CT molecular complexity index is 770. The Morgan fingerprint density at radius 1 is 1.00 bits per heavy atom. The molecule has 3 aromatic rings. The smallest absolute Gasteiger partial charge is 0.145 e. The third kappa shape index (κ3) is 1.98. The summed E-state index contributed by atoms with van der Waals surface area (Å²) in [5, 5.41) is 1.15. The summed E-state index contributed by atoms with van der Waals surface area (Å²) in [5.74, 6) is 1.08. The molecular weight excluding hydrogens is 260 g/mol. The van der Waals surface area contributed by atoms with Gasteiger partial charge in [0.05, 0.1) is 11.1 Å². The number of benzene rings is 1. The Balaban J connectivity index is 1.91. The Morgan fingerprint density at radius 2 is 1.76 bits per heavy atom. The molecule has 0 aliphatic carbocycles. The standard InChI is InChI=1S/C17H18N4/c1-20-15(13-7-3-2-4-8-13)11-14-16(20)18-12-19-17(14)21-9-5-6-10-21/h2-4,7-8,11-12H,5-6,9-10H2,1H3. The quantitative estimate of drug-likeness (QED) is 0.721. The van der Waals surface area contributed by atoms with Crippen molar-refractivity contribution in [3.05, 3.63) is 42.7 Å². The Labute approximate surface area is 124 Å². The average molecular weight is 278 g/mol. The molecule has 0 unspecified atom stereocenters. The zero-order valence-corrected chi connectivity index (χ0v) is 12.2. The summed E-state index contributed by atoms with van der Waals surface area (Å²) in [6.07, 6.45) is 4.19. The molecule has 0 bridgehead atoms. The van der Waals surface area contributed by atoms with Crippen molar-refractivity contribution in [1.82, 2.24) is 14.5 Å². The number of nitrogens with zero attached hydrogens (tertiary/aromatic N) is 4. The van der Waals surface area contributed by atoms with Crippen molar-refractivity contribution in [2.24, 2.45) is 7.05 Å². The van der Waals surface area contributed by atoms with E-state index in [0.29, 0.717) is 0 Å². The van der Waals surface area contributed by atoms with E-state index in [0.717, 1.165) is 29.9 Å². The van der Waals surface area contributed by atoms with E-state index in [2.05, 4.69) is 56.8 Å². The van der Waals surface area contributed by atoms with Crippen LogP contribution >= 0.6 is 0 Å². The van der Waals surface area contributed by atoms with E-state index in [1.54, 1.807) is 6.33 Å². The molecule has 4 nitrogen and oxygen atoms in total. The number of rotatable bonds is 2. The SMILES string of the molecule is Cn1c(-c2ccccc2)cc2c(N3CCCC3)ncnc21. The number of fused-ring (bicyclic) bond motifs is 1. The number of hydrogen-bond donors (Lipinski definition) is 0. The number of anilines is 1. The highest BCUT2D eigenvalue weighted by molar-refractivity contribution is 5.92. The number of hydrogen-bond acceptors (Lipinski definition) is 3. The van der Waals surface area contributed by atoms with Crippen LogP contribution in [0, 0.1) is 0 Å². The van der Waals surface area contributed by atoms with Gasteiger partial charge < -0.3 is 9.47 Å². The maximum absolute atomic E-state index is 4.54. The van der Waals surface area contributed by atoms with Gasteiger partial charge in [-0.2, -0.15) is 0 Å². The molecule has 1 aromatic carbocycles. The van der Waals surface area contributed by atoms with Crippen molar-refractivity contribution in [3.63, 3.8) is 0 Å². The van der Waals surface area contributed by atoms with Gasteiger partial charge in [-0.1, -0.05) is 30.3 Å². The molecule has 0 spiro atoms. The zero-order valence-electron chi connectivity index (χ0n) is 12.2. The molecule has 0 saturated carbocycles. The monoisotopic (exact) mass is 278 g/mol. The fraction of sp³-hybridized carbons (Fsp3) is 0.294. The molecule has 0 atom stereocenters. The topological polar surface area (TPSA) is 34.0 Å². The first-order valence-electron chi connectivity index (χ1n) is 7.45. The number of aromatic nitrogens is 3. The minimum absolute atomic E-state index is 1.01. The molecule has 1 aliphatic heterocycles. The van der Waals surface area contributed by atoms with Gasteiger partial charge in [0.2, 0.25) is 0 Å². The van der Waals surface area contributed by atoms with Gasteiger partial charge >= 0.3 is 0 Å². The summed E-state index contributed by atoms with van der Waals surface area (Å²) >= 11 is 0. The molecule has 2 aromatic heterocycles. The van der Waals surface area contributed by atoms with Crippen LogP contribution in [0.1, 0.15) is 12.8 Å². The fourth-order valence-corrected chi connectivity index (χ4v) is 3.19. The molecule has 0 amide bonds. The van der Waals surface area contributed by atoms with E-state index in [-0.39, 0.29) is 0 Å². The average Bonchev–Trinajstić information content (AvgIpc) is 3.17. The molecule has 1 fully saturated rings. The van der Waals surface area contributed by atoms with Gasteiger partial charge in [-0.25, -0.2) is 9.97 Å². The van der Waals surface area contributed by atoms with Gasteiger partial charge in [0.25, 0.3) is 0 Å². The first-order chi connectivity index (χ1) is 10.3. The van der Waals surface area contributed by atoms with E-state index in [9.17, 15) is 0 Å². The van der Waals surface area contributed by atoms with Gasteiger partial charge in [0, 0.05) is 20.1 Å². The molecule has 1 aliphatic rings. The minimum Gasteiger partial charge on any atom is -0.356 e. The minimum atomic E-state index is 1.01. The van der Waals surface area contributed by atoms with Crippen LogP contribution in [0.5, 0.6) is 0 Å². The van der Waals surface area contributed by atoms with Crippen molar-refractivity contribution in [2.45, 2.75) is 12.8 Å². The van der Waals surface area contributed by atoms with Crippen molar-refractivity contribution in [2.75, 3.05) is 18.0 Å². The first kappa shape index (κ1) is 12.4. The number of aryl methyl sites for hydroxylation is 1. The Hall–Kier alpha value is -2.36. The molecule has 21 heavy (non-hydrogen) atoms. The third-order valence-corrected chi connectivity index (χ3v) is 4.28. The summed E-state index contributed by atoms with van der Waals surface area (Å²) in [6.45, 7) is 2.20. The second kappa shape index (κ2) is 4.88. The van der Waals surface area contributed by atoms with Crippen LogP contribution in [0.4, 0.5) is 5.82 Å². The predicted octanol–water partition coefficient (Wildman–Crippen LogP) is 3.24. The molecule has 106 valence electrons. The first-order valence-corrected chi connectivity index (χ1v) is 7.45. The highest BCUT2D eigenvalue weighted by atomic mass is 15.2. The largest absolute Gasteiger partial charge is 0.356 e. The summed E-state index contributed by atoms with van der Waals surface area (Å²) < 4.78 is 2.16. The van der Waals surface area contributed by atoms with Crippen LogP contribution in [-0.2, 0) is 7.05 Å². The zero-order chi connectivity index (χ0) is 14.2. The van der Waals surface area contributed by atoms with Crippen LogP contribution in [0.25, 0.3) is 22.3 Å². The normalized spacial score (nSPS) is 15.0. The fourth-order valence-electron chi connectivity index (χ4n) is 3.19. The van der Waals surface area contributed by atoms with Gasteiger partial charge in [0.15, 0.2) is 0 Å². The molecule has 4 rings (SSSR count). The van der Waals surface area contributed by atoms with Gasteiger partial charge in [-0.3, -0.25) is 0 Å². The highest BCUT2D eigenvalue weighted by Crippen LogP contribution is 2.32. The van der Waals surface area contributed by atoms with Crippen LogP contribution < -0.4 is 4.90 Å². The van der Waals surface area contributed by atoms with Crippen LogP contribution in [0.2, 0.25) is 0 Å². The van der Waals surface area contributed by atoms with Gasteiger partial charge in [-0.15, -0.1) is 0 Å². The van der Waals surface area contributed by atoms with Crippen molar-refractivity contribution >= 4 is 16.9 Å². The lowest BCUT2D eigenvalue weighted by atomic mass is 10.1. The summed E-state index contributed by atoms with van der Waals surface area (Å²) in [4.78, 5) is 11.4. The molecule has 0 N–H and O–H groups in total. The van der Waals surface area contributed by atoms with Crippen LogP contribution in [0.15, 0.2) is 42.7 Å². The lowest BCUT2D eigenvalue weighted by molar-refractivity contribution is 0.924. The molecule has 3 heterocycles. The van der Waals surface area contributed by atoms with Crippen molar-refractivity contribution in [1.29, 1.82) is 0 Å². The lowest BCUT2D eigenvalue weighted by Gasteiger charge is -2.16. The predicted molar refractivity (Wildman–Crippen MR) is 85.4 cm³/mol. The van der Waals surface area contributed by atoms with E-state index in [4.69, 9.17) is 0 Å². The maximum atomic E-state index is 4.54. The van der Waals surface area contributed by atoms with E-state index in [1.807, 2.05) is 6.07 Å². The summed E-state index contributed by atoms with van der Waals surface area (Å²) in [5.41, 5.74) is 3.41. The van der Waals surface area contributed by atoms with Crippen molar-refractivity contribution < 1.29 is 0 Å². The molecule has 0 radical (unpaired) electrons.